The van der Waals surface area contributed by atoms with Crippen molar-refractivity contribution in [2.75, 3.05) is 0 Å². The summed E-state index contributed by atoms with van der Waals surface area (Å²) in [5, 5.41) is 3.70. The number of nitrogens with zero attached hydrogens (tertiary/aromatic N) is 1. The summed E-state index contributed by atoms with van der Waals surface area (Å²) in [6.45, 7) is 0. The van der Waals surface area contributed by atoms with Crippen molar-refractivity contribution in [1.82, 2.24) is 5.32 Å². The molecule has 1 saturated heterocycles. The van der Waals surface area contributed by atoms with Crippen LogP contribution in [-0.4, -0.2) is 11.1 Å². The number of carbonyl (C=O) groups excluding carboxylic acids is 1. The lowest BCUT2D eigenvalue weighted by Gasteiger charge is -1.99. The highest BCUT2D eigenvalue weighted by molar-refractivity contribution is 8.18. The second-order valence-electron chi connectivity index (χ2n) is 5.64. The number of amidine groups is 1. The van der Waals surface area contributed by atoms with E-state index in [1.807, 2.05) is 18.2 Å². The van der Waals surface area contributed by atoms with E-state index in [0.717, 1.165) is 5.56 Å². The van der Waals surface area contributed by atoms with Crippen molar-refractivity contribution in [2.45, 2.75) is 0 Å². The molecular weight excluding hydrogens is 387 g/mol. The molecule has 0 radical (unpaired) electrons. The molecule has 1 amide bonds. The van der Waals surface area contributed by atoms with Gasteiger partial charge >= 0.3 is 0 Å². The third-order valence-electron chi connectivity index (χ3n) is 3.75. The number of amides is 1. The van der Waals surface area contributed by atoms with Crippen molar-refractivity contribution in [3.05, 3.63) is 82.2 Å². The molecule has 0 spiro atoms. The summed E-state index contributed by atoms with van der Waals surface area (Å²) in [7, 11) is 0. The molecule has 134 valence electrons. The highest BCUT2D eigenvalue weighted by atomic mass is 35.5. The van der Waals surface area contributed by atoms with Crippen molar-refractivity contribution in [2.24, 2.45) is 4.99 Å². The van der Waals surface area contributed by atoms with Crippen molar-refractivity contribution >= 4 is 46.2 Å². The number of rotatable bonds is 3. The molecule has 1 aromatic heterocycles. The molecule has 0 saturated carbocycles. The number of aliphatic imine (C=N–C) groups is 1. The summed E-state index contributed by atoms with van der Waals surface area (Å²) in [6, 6.07) is 16.7. The Hall–Kier alpha value is -2.83. The third kappa shape index (κ3) is 3.97. The van der Waals surface area contributed by atoms with Gasteiger partial charge in [0.05, 0.1) is 15.6 Å². The Bertz CT molecular complexity index is 1070. The lowest BCUT2D eigenvalue weighted by Crippen LogP contribution is -2.19. The number of furan rings is 1. The fourth-order valence-corrected chi connectivity index (χ4v) is 3.53. The normalized spacial score (nSPS) is 16.9. The van der Waals surface area contributed by atoms with E-state index >= 15 is 0 Å². The first-order valence-electron chi connectivity index (χ1n) is 7.98. The van der Waals surface area contributed by atoms with Crippen LogP contribution in [0.2, 0.25) is 5.02 Å². The molecule has 2 aromatic carbocycles. The molecule has 0 aliphatic carbocycles. The van der Waals surface area contributed by atoms with Crippen LogP contribution in [0.5, 0.6) is 0 Å². The van der Waals surface area contributed by atoms with Gasteiger partial charge in [-0.3, -0.25) is 4.79 Å². The van der Waals surface area contributed by atoms with Crippen LogP contribution in [0.1, 0.15) is 5.76 Å². The van der Waals surface area contributed by atoms with Crippen LogP contribution in [0.4, 0.5) is 10.1 Å². The second-order valence-corrected chi connectivity index (χ2v) is 7.08. The quantitative estimate of drug-likeness (QED) is 0.581. The topological polar surface area (TPSA) is 54.6 Å². The lowest BCUT2D eigenvalue weighted by atomic mass is 10.2. The average Bonchev–Trinajstić information content (AvgIpc) is 3.25. The first-order valence-corrected chi connectivity index (χ1v) is 9.18. The van der Waals surface area contributed by atoms with E-state index in [9.17, 15) is 9.18 Å². The summed E-state index contributed by atoms with van der Waals surface area (Å²) < 4.78 is 18.8. The number of thioether (sulfide) groups is 1. The molecule has 1 aliphatic heterocycles. The smallest absolute Gasteiger partial charge is 0.264 e. The highest BCUT2D eigenvalue weighted by Gasteiger charge is 2.24. The SMILES string of the molecule is O=C1NC(=Nc2ccc(F)cc2)SC1=Cc1ccc(-c2ccccc2Cl)o1. The van der Waals surface area contributed by atoms with E-state index in [-0.39, 0.29) is 11.7 Å². The van der Waals surface area contributed by atoms with Crippen LogP contribution >= 0.6 is 23.4 Å². The van der Waals surface area contributed by atoms with Gasteiger partial charge in [0, 0.05) is 11.6 Å². The van der Waals surface area contributed by atoms with Gasteiger partial charge < -0.3 is 9.73 Å². The molecule has 27 heavy (non-hydrogen) atoms. The summed E-state index contributed by atoms with van der Waals surface area (Å²) in [6.07, 6.45) is 1.65. The average molecular weight is 399 g/mol. The Kier molecular flexibility index (Phi) is 4.83. The van der Waals surface area contributed by atoms with E-state index in [0.29, 0.717) is 32.3 Å². The van der Waals surface area contributed by atoms with Gasteiger partial charge in [-0.2, -0.15) is 0 Å². The Labute approximate surface area is 163 Å². The van der Waals surface area contributed by atoms with Crippen LogP contribution in [0.15, 0.2) is 75.0 Å². The van der Waals surface area contributed by atoms with Crippen molar-refractivity contribution in [1.29, 1.82) is 0 Å². The number of benzene rings is 2. The monoisotopic (exact) mass is 398 g/mol. The van der Waals surface area contributed by atoms with Gasteiger partial charge in [-0.15, -0.1) is 0 Å². The molecule has 7 heteroatoms. The van der Waals surface area contributed by atoms with E-state index in [1.165, 1.54) is 23.9 Å². The molecule has 3 aromatic rings. The van der Waals surface area contributed by atoms with Gasteiger partial charge in [0.1, 0.15) is 17.3 Å². The third-order valence-corrected chi connectivity index (χ3v) is 4.99. The number of hydrogen-bond acceptors (Lipinski definition) is 4. The predicted octanol–water partition coefficient (Wildman–Crippen LogP) is 5.63. The second kappa shape index (κ2) is 7.42. The van der Waals surface area contributed by atoms with E-state index in [1.54, 1.807) is 36.4 Å². The minimum Gasteiger partial charge on any atom is -0.457 e. The van der Waals surface area contributed by atoms with Crippen LogP contribution in [0, 0.1) is 5.82 Å². The number of halogens is 2. The lowest BCUT2D eigenvalue weighted by molar-refractivity contribution is -0.115. The van der Waals surface area contributed by atoms with Gasteiger partial charge in [-0.1, -0.05) is 23.7 Å². The zero-order valence-electron chi connectivity index (χ0n) is 13.8. The highest BCUT2D eigenvalue weighted by Crippen LogP contribution is 2.32. The summed E-state index contributed by atoms with van der Waals surface area (Å²) in [5.74, 6) is 0.549. The molecule has 1 fully saturated rings. The molecule has 4 rings (SSSR count). The Morgan fingerprint density at radius 1 is 1.07 bits per heavy atom. The maximum atomic E-state index is 13.0. The van der Waals surface area contributed by atoms with E-state index in [2.05, 4.69) is 10.3 Å². The molecule has 0 bridgehead atoms. The van der Waals surface area contributed by atoms with Gasteiger partial charge in [0.25, 0.3) is 5.91 Å². The zero-order chi connectivity index (χ0) is 18.8. The van der Waals surface area contributed by atoms with Crippen LogP contribution < -0.4 is 5.32 Å². The Balaban J connectivity index is 1.55. The van der Waals surface area contributed by atoms with Crippen LogP contribution in [-0.2, 0) is 4.79 Å². The van der Waals surface area contributed by atoms with Crippen molar-refractivity contribution < 1.29 is 13.6 Å². The van der Waals surface area contributed by atoms with E-state index in [4.69, 9.17) is 16.0 Å². The number of nitrogens with one attached hydrogen (secondary N) is 1. The van der Waals surface area contributed by atoms with Crippen molar-refractivity contribution in [3.63, 3.8) is 0 Å². The molecule has 1 aliphatic rings. The van der Waals surface area contributed by atoms with E-state index < -0.39 is 0 Å². The number of carbonyl (C=O) groups is 1. The standard InChI is InChI=1S/C20H12ClFN2O2S/c21-16-4-2-1-3-15(16)17-10-9-14(26-17)11-18-19(25)24-20(27-18)23-13-7-5-12(22)6-8-13/h1-11H,(H,23,24,25). The maximum Gasteiger partial charge on any atom is 0.264 e. The zero-order valence-corrected chi connectivity index (χ0v) is 15.4. The first-order chi connectivity index (χ1) is 13.1. The fraction of sp³-hybridized carbons (Fsp3) is 0. The molecule has 2 heterocycles. The Morgan fingerprint density at radius 3 is 2.63 bits per heavy atom. The fourth-order valence-electron chi connectivity index (χ4n) is 2.48. The molecule has 0 unspecified atom stereocenters. The van der Waals surface area contributed by atoms with Gasteiger partial charge in [0.2, 0.25) is 0 Å². The molecule has 4 nitrogen and oxygen atoms in total. The van der Waals surface area contributed by atoms with Crippen molar-refractivity contribution in [3.8, 4) is 11.3 Å². The molecule has 0 atom stereocenters. The summed E-state index contributed by atoms with van der Waals surface area (Å²) in [4.78, 5) is 16.9. The van der Waals surface area contributed by atoms with Crippen LogP contribution in [0.25, 0.3) is 17.4 Å². The molecular formula is C20H12ClFN2O2S. The summed E-state index contributed by atoms with van der Waals surface area (Å²) in [5.41, 5.74) is 1.34. The predicted molar refractivity (Wildman–Crippen MR) is 106 cm³/mol. The Morgan fingerprint density at radius 2 is 1.85 bits per heavy atom. The molecule has 1 N–H and O–H groups in total. The summed E-state index contributed by atoms with van der Waals surface area (Å²) >= 11 is 7.38. The number of hydrogen-bond donors (Lipinski definition) is 1. The van der Waals surface area contributed by atoms with Gasteiger partial charge in [-0.05, 0) is 60.3 Å². The minimum absolute atomic E-state index is 0.267. The minimum atomic E-state index is -0.338. The largest absolute Gasteiger partial charge is 0.457 e. The maximum absolute atomic E-state index is 13.0. The van der Waals surface area contributed by atoms with Crippen LogP contribution in [0.3, 0.4) is 0 Å². The van der Waals surface area contributed by atoms with Gasteiger partial charge in [-0.25, -0.2) is 9.38 Å². The first kappa shape index (κ1) is 17.6. The van der Waals surface area contributed by atoms with Gasteiger partial charge in [0.15, 0.2) is 5.17 Å².